The first-order valence-electron chi connectivity index (χ1n) is 8.50. The molecule has 7 nitrogen and oxygen atoms in total. The highest BCUT2D eigenvalue weighted by Gasteiger charge is 2.16. The molecule has 0 saturated carbocycles. The van der Waals surface area contributed by atoms with Crippen LogP contribution in [0.2, 0.25) is 0 Å². The molecule has 0 amide bonds. The van der Waals surface area contributed by atoms with Gasteiger partial charge >= 0.3 is 0 Å². The molecule has 0 aliphatic carbocycles. The van der Waals surface area contributed by atoms with Gasteiger partial charge in [-0.1, -0.05) is 6.92 Å². The highest BCUT2D eigenvalue weighted by atomic mass is 16.4. The van der Waals surface area contributed by atoms with E-state index in [1.165, 1.54) is 0 Å². The van der Waals surface area contributed by atoms with Gasteiger partial charge in [0.25, 0.3) is 5.56 Å². The van der Waals surface area contributed by atoms with Crippen LogP contribution in [-0.2, 0) is 19.5 Å². The predicted octanol–water partition coefficient (Wildman–Crippen LogP) is 2.36. The second kappa shape index (κ2) is 7.14. The molecule has 0 aliphatic heterocycles. The molecule has 3 aromatic rings. The lowest BCUT2D eigenvalue weighted by molar-refractivity contribution is 0.180. The Balaban J connectivity index is 1.86. The average Bonchev–Trinajstić information content (AvgIpc) is 3.01. The van der Waals surface area contributed by atoms with Crippen LogP contribution in [0.25, 0.3) is 5.65 Å². The summed E-state index contributed by atoms with van der Waals surface area (Å²) in [5.41, 5.74) is 2.40. The minimum atomic E-state index is -0.0743. The Morgan fingerprint density at radius 2 is 1.96 bits per heavy atom. The molecule has 0 aliphatic rings. The molecule has 0 radical (unpaired) electrons. The van der Waals surface area contributed by atoms with E-state index in [-0.39, 0.29) is 11.6 Å². The van der Waals surface area contributed by atoms with Crippen molar-refractivity contribution in [1.82, 2.24) is 24.5 Å². The molecule has 0 saturated heterocycles. The van der Waals surface area contributed by atoms with E-state index in [0.29, 0.717) is 30.5 Å². The molecule has 0 aromatic carbocycles. The van der Waals surface area contributed by atoms with Crippen molar-refractivity contribution >= 4 is 5.65 Å². The van der Waals surface area contributed by atoms with Crippen molar-refractivity contribution in [3.8, 4) is 0 Å². The zero-order valence-corrected chi connectivity index (χ0v) is 15.1. The van der Waals surface area contributed by atoms with E-state index in [9.17, 15) is 4.79 Å². The van der Waals surface area contributed by atoms with Crippen LogP contribution < -0.4 is 5.56 Å². The lowest BCUT2D eigenvalue weighted by Gasteiger charge is -2.24. The molecule has 0 N–H and O–H groups in total. The van der Waals surface area contributed by atoms with Gasteiger partial charge in [-0.2, -0.15) is 0 Å². The smallest absolute Gasteiger partial charge is 0.258 e. The Hall–Kier alpha value is -2.54. The predicted molar refractivity (Wildman–Crippen MR) is 94.3 cm³/mol. The molecule has 0 spiro atoms. The highest BCUT2D eigenvalue weighted by Crippen LogP contribution is 2.12. The minimum absolute atomic E-state index is 0.0743. The molecule has 0 atom stereocenters. The Morgan fingerprint density at radius 1 is 1.20 bits per heavy atom. The molecular weight excluding hydrogens is 318 g/mol. The first kappa shape index (κ1) is 17.3. The number of hydrogen-bond donors (Lipinski definition) is 0. The van der Waals surface area contributed by atoms with Gasteiger partial charge in [0.2, 0.25) is 11.8 Å². The fourth-order valence-electron chi connectivity index (χ4n) is 2.63. The summed E-state index contributed by atoms with van der Waals surface area (Å²) in [4.78, 5) is 19.1. The monoisotopic (exact) mass is 341 g/mol. The number of aromatic nitrogens is 4. The topological polar surface area (TPSA) is 76.5 Å². The van der Waals surface area contributed by atoms with Gasteiger partial charge in [-0.25, -0.2) is 4.98 Å². The molecular formula is C18H23N5O2. The van der Waals surface area contributed by atoms with E-state index in [0.717, 1.165) is 17.7 Å². The molecule has 3 aromatic heterocycles. The quantitative estimate of drug-likeness (QED) is 0.685. The molecule has 3 rings (SSSR count). The Labute approximate surface area is 146 Å². The molecule has 25 heavy (non-hydrogen) atoms. The van der Waals surface area contributed by atoms with Crippen LogP contribution in [-0.4, -0.2) is 30.5 Å². The van der Waals surface area contributed by atoms with Gasteiger partial charge in [0.1, 0.15) is 5.65 Å². The van der Waals surface area contributed by atoms with Crippen LogP contribution in [0, 0.1) is 6.92 Å². The summed E-state index contributed by atoms with van der Waals surface area (Å²) in [6.45, 7) is 9.22. The molecule has 3 heterocycles. The van der Waals surface area contributed by atoms with Crippen molar-refractivity contribution in [2.45, 2.75) is 53.2 Å². The average molecular weight is 341 g/mol. The summed E-state index contributed by atoms with van der Waals surface area (Å²) in [7, 11) is 0. The van der Waals surface area contributed by atoms with Gasteiger partial charge < -0.3 is 4.42 Å². The van der Waals surface area contributed by atoms with E-state index < -0.39 is 0 Å². The van der Waals surface area contributed by atoms with Crippen molar-refractivity contribution in [3.63, 3.8) is 0 Å². The zero-order valence-electron chi connectivity index (χ0n) is 15.1. The van der Waals surface area contributed by atoms with E-state index in [2.05, 4.69) is 33.9 Å². The fourth-order valence-corrected chi connectivity index (χ4v) is 2.63. The molecule has 0 fully saturated rings. The third-order valence-electron chi connectivity index (χ3n) is 4.12. The Morgan fingerprint density at radius 3 is 2.64 bits per heavy atom. The standard InChI is InChI=1S/C18H23N5O2/c1-5-16-20-21-17(25-16)11-22(12(2)3)10-14-9-18(24)23-7-6-13(4)8-15(23)19-14/h6-9,12H,5,10-11H2,1-4H3. The second-order valence-electron chi connectivity index (χ2n) is 6.46. The Kier molecular flexibility index (Phi) is 4.94. The number of rotatable bonds is 6. The lowest BCUT2D eigenvalue weighted by Crippen LogP contribution is -2.31. The van der Waals surface area contributed by atoms with Gasteiger partial charge in [-0.15, -0.1) is 10.2 Å². The Bertz CT molecular complexity index is 929. The van der Waals surface area contributed by atoms with Crippen LogP contribution in [0.4, 0.5) is 0 Å². The number of aryl methyl sites for hydroxylation is 2. The third-order valence-corrected chi connectivity index (χ3v) is 4.12. The minimum Gasteiger partial charge on any atom is -0.424 e. The van der Waals surface area contributed by atoms with Crippen LogP contribution >= 0.6 is 0 Å². The maximum atomic E-state index is 12.3. The SMILES string of the molecule is CCc1nnc(CN(Cc2cc(=O)n3ccc(C)cc3n2)C(C)C)o1. The van der Waals surface area contributed by atoms with E-state index in [1.54, 1.807) is 16.7 Å². The molecule has 0 bridgehead atoms. The normalized spacial score (nSPS) is 11.8. The van der Waals surface area contributed by atoms with E-state index >= 15 is 0 Å². The summed E-state index contributed by atoms with van der Waals surface area (Å²) < 4.78 is 7.17. The summed E-state index contributed by atoms with van der Waals surface area (Å²) in [5, 5.41) is 8.09. The number of nitrogens with zero attached hydrogens (tertiary/aromatic N) is 5. The molecule has 7 heteroatoms. The summed E-state index contributed by atoms with van der Waals surface area (Å²) in [6.07, 6.45) is 2.48. The second-order valence-corrected chi connectivity index (χ2v) is 6.46. The third kappa shape index (κ3) is 3.93. The van der Waals surface area contributed by atoms with Crippen LogP contribution in [0.1, 0.15) is 43.8 Å². The first-order chi connectivity index (χ1) is 12.0. The van der Waals surface area contributed by atoms with Crippen LogP contribution in [0.3, 0.4) is 0 Å². The largest absolute Gasteiger partial charge is 0.424 e. The van der Waals surface area contributed by atoms with Crippen molar-refractivity contribution < 1.29 is 4.42 Å². The van der Waals surface area contributed by atoms with Crippen molar-refractivity contribution in [2.75, 3.05) is 0 Å². The van der Waals surface area contributed by atoms with Gasteiger partial charge in [-0.3, -0.25) is 14.1 Å². The van der Waals surface area contributed by atoms with Crippen molar-refractivity contribution in [2.24, 2.45) is 0 Å². The maximum Gasteiger partial charge on any atom is 0.258 e. The maximum absolute atomic E-state index is 12.3. The van der Waals surface area contributed by atoms with Gasteiger partial charge in [0.15, 0.2) is 0 Å². The highest BCUT2D eigenvalue weighted by molar-refractivity contribution is 5.41. The van der Waals surface area contributed by atoms with E-state index in [1.807, 2.05) is 26.0 Å². The summed E-state index contributed by atoms with van der Waals surface area (Å²) in [5.74, 6) is 1.22. The van der Waals surface area contributed by atoms with Gasteiger partial charge in [-0.05, 0) is 38.5 Å². The van der Waals surface area contributed by atoms with Crippen molar-refractivity contribution in [3.05, 3.63) is 57.8 Å². The molecule has 132 valence electrons. The lowest BCUT2D eigenvalue weighted by atomic mass is 10.2. The van der Waals surface area contributed by atoms with Crippen molar-refractivity contribution in [1.29, 1.82) is 0 Å². The zero-order chi connectivity index (χ0) is 18.0. The number of fused-ring (bicyclic) bond motifs is 1. The summed E-state index contributed by atoms with van der Waals surface area (Å²) in [6, 6.07) is 5.64. The van der Waals surface area contributed by atoms with Crippen LogP contribution in [0.15, 0.2) is 33.6 Å². The van der Waals surface area contributed by atoms with Crippen LogP contribution in [0.5, 0.6) is 0 Å². The number of pyridine rings is 1. The van der Waals surface area contributed by atoms with E-state index in [4.69, 9.17) is 4.42 Å². The fraction of sp³-hybridized carbons (Fsp3) is 0.444. The van der Waals surface area contributed by atoms with Gasteiger partial charge in [0, 0.05) is 31.3 Å². The first-order valence-corrected chi connectivity index (χ1v) is 8.50. The molecule has 0 unspecified atom stereocenters. The number of hydrogen-bond acceptors (Lipinski definition) is 6. The van der Waals surface area contributed by atoms with Gasteiger partial charge in [0.05, 0.1) is 12.2 Å². The summed E-state index contributed by atoms with van der Waals surface area (Å²) >= 11 is 0.